The minimum atomic E-state index is 0.142. The number of hydrogen-bond acceptors (Lipinski definition) is 0. The summed E-state index contributed by atoms with van der Waals surface area (Å²) in [5, 5.41) is 0. The van der Waals surface area contributed by atoms with Crippen LogP contribution in [0.15, 0.2) is 91.0 Å². The topological polar surface area (TPSA) is 0 Å². The maximum Gasteiger partial charge on any atom is 0.0215 e. The molecule has 0 nitrogen and oxygen atoms in total. The van der Waals surface area contributed by atoms with Crippen LogP contribution >= 0.6 is 0 Å². The third kappa shape index (κ3) is 6.53. The molecule has 0 saturated heterocycles. The average molecular weight is 543 g/mol. The predicted octanol–water partition coefficient (Wildman–Crippen LogP) is 12.6. The average Bonchev–Trinajstić information content (AvgIpc) is 3.30. The Kier molecular flexibility index (Phi) is 10.2. The van der Waals surface area contributed by atoms with E-state index in [4.69, 9.17) is 0 Å². The molecule has 1 aliphatic carbocycles. The zero-order valence-corrected chi connectivity index (χ0v) is 25.9. The molecule has 0 amide bonds. The normalized spacial score (nSPS) is 13.2. The Bertz CT molecular complexity index is 1360. The lowest BCUT2D eigenvalue weighted by molar-refractivity contribution is 0.401. The predicted molar refractivity (Wildman–Crippen MR) is 180 cm³/mol. The zero-order valence-electron chi connectivity index (χ0n) is 25.9. The number of fused-ring (bicyclic) bond motifs is 3. The molecule has 0 N–H and O–H groups in total. The van der Waals surface area contributed by atoms with Gasteiger partial charge in [0.2, 0.25) is 0 Å². The molecule has 41 heavy (non-hydrogen) atoms. The van der Waals surface area contributed by atoms with E-state index in [0.717, 1.165) is 0 Å². The molecule has 0 heteroatoms. The van der Waals surface area contributed by atoms with Crippen LogP contribution in [0.2, 0.25) is 0 Å². The smallest absolute Gasteiger partial charge is 0.0215 e. The Labute approximate surface area is 250 Å². The van der Waals surface area contributed by atoms with Crippen molar-refractivity contribution in [3.63, 3.8) is 0 Å². The number of aryl methyl sites for hydroxylation is 1. The van der Waals surface area contributed by atoms with Crippen molar-refractivity contribution in [2.45, 2.75) is 110 Å². The molecule has 0 heterocycles. The van der Waals surface area contributed by atoms with E-state index >= 15 is 0 Å². The van der Waals surface area contributed by atoms with Crippen LogP contribution in [0, 0.1) is 0 Å². The summed E-state index contributed by atoms with van der Waals surface area (Å²) < 4.78 is 0. The highest BCUT2D eigenvalue weighted by Gasteiger charge is 2.42. The van der Waals surface area contributed by atoms with Gasteiger partial charge >= 0.3 is 0 Å². The second kappa shape index (κ2) is 14.2. The van der Waals surface area contributed by atoms with Gasteiger partial charge < -0.3 is 0 Å². The monoisotopic (exact) mass is 542 g/mol. The van der Waals surface area contributed by atoms with Crippen molar-refractivity contribution in [1.82, 2.24) is 0 Å². The van der Waals surface area contributed by atoms with Crippen LogP contribution in [0.4, 0.5) is 0 Å². The Morgan fingerprint density at radius 3 is 1.56 bits per heavy atom. The van der Waals surface area contributed by atoms with Crippen LogP contribution in [0.3, 0.4) is 0 Å². The van der Waals surface area contributed by atoms with Gasteiger partial charge in [-0.05, 0) is 81.8 Å². The van der Waals surface area contributed by atoms with Gasteiger partial charge in [0, 0.05) is 5.41 Å². The Hall–Kier alpha value is -3.12. The van der Waals surface area contributed by atoms with Crippen LogP contribution in [-0.4, -0.2) is 0 Å². The highest BCUT2D eigenvalue weighted by atomic mass is 14.4. The van der Waals surface area contributed by atoms with Crippen molar-refractivity contribution in [3.05, 3.63) is 108 Å². The Morgan fingerprint density at radius 1 is 0.439 bits per heavy atom. The molecule has 0 aromatic heterocycles. The molecule has 0 aliphatic heterocycles. The highest BCUT2D eigenvalue weighted by Crippen LogP contribution is 2.55. The molecular formula is C41H50. The minimum Gasteiger partial charge on any atom is -0.0654 e. The molecule has 5 rings (SSSR count). The van der Waals surface area contributed by atoms with Gasteiger partial charge in [-0.1, -0.05) is 163 Å². The summed E-state index contributed by atoms with van der Waals surface area (Å²) in [4.78, 5) is 0. The van der Waals surface area contributed by atoms with Gasteiger partial charge in [0.1, 0.15) is 0 Å². The zero-order chi connectivity index (χ0) is 28.5. The first-order chi connectivity index (χ1) is 20.2. The second-order valence-corrected chi connectivity index (χ2v) is 12.4. The maximum absolute atomic E-state index is 2.56. The van der Waals surface area contributed by atoms with Gasteiger partial charge in [-0.15, -0.1) is 0 Å². The van der Waals surface area contributed by atoms with Crippen LogP contribution in [-0.2, 0) is 11.8 Å². The first kappa shape index (κ1) is 29.4. The van der Waals surface area contributed by atoms with Crippen molar-refractivity contribution in [3.8, 4) is 33.4 Å². The van der Waals surface area contributed by atoms with Crippen LogP contribution in [0.1, 0.15) is 115 Å². The van der Waals surface area contributed by atoms with Crippen molar-refractivity contribution in [2.24, 2.45) is 0 Å². The molecular weight excluding hydrogens is 492 g/mol. The highest BCUT2D eigenvalue weighted by molar-refractivity contribution is 5.84. The van der Waals surface area contributed by atoms with E-state index in [1.165, 1.54) is 122 Å². The van der Waals surface area contributed by atoms with Crippen molar-refractivity contribution in [2.75, 3.05) is 0 Å². The summed E-state index contributed by atoms with van der Waals surface area (Å²) in [5.41, 5.74) is 13.0. The third-order valence-electron chi connectivity index (χ3n) is 9.51. The van der Waals surface area contributed by atoms with Crippen molar-refractivity contribution >= 4 is 0 Å². The van der Waals surface area contributed by atoms with E-state index in [1.807, 2.05) is 0 Å². The number of hydrogen-bond donors (Lipinski definition) is 0. The van der Waals surface area contributed by atoms with Crippen LogP contribution in [0.25, 0.3) is 33.4 Å². The molecule has 214 valence electrons. The van der Waals surface area contributed by atoms with E-state index < -0.39 is 0 Å². The summed E-state index contributed by atoms with van der Waals surface area (Å²) in [5.74, 6) is 0. The third-order valence-corrected chi connectivity index (χ3v) is 9.51. The molecule has 0 fully saturated rings. The number of benzene rings is 4. The summed E-state index contributed by atoms with van der Waals surface area (Å²) >= 11 is 0. The summed E-state index contributed by atoms with van der Waals surface area (Å²) in [6.45, 7) is 6.90. The molecule has 0 unspecified atom stereocenters. The SMILES string of the molecule is CCCCCCC1(CCCCCC)c2ccccc2-c2ccc(-c3ccc(-c4ccc(CCCC)cc4)cc3)cc21. The van der Waals surface area contributed by atoms with E-state index in [2.05, 4.69) is 112 Å². The molecule has 4 aromatic carbocycles. The lowest BCUT2D eigenvalue weighted by atomic mass is 9.70. The van der Waals surface area contributed by atoms with Crippen molar-refractivity contribution in [1.29, 1.82) is 0 Å². The van der Waals surface area contributed by atoms with Gasteiger partial charge in [0.15, 0.2) is 0 Å². The summed E-state index contributed by atoms with van der Waals surface area (Å²) in [6.07, 6.45) is 16.8. The molecule has 4 aromatic rings. The molecule has 0 spiro atoms. The van der Waals surface area contributed by atoms with Gasteiger partial charge in [0.25, 0.3) is 0 Å². The molecule has 0 bridgehead atoms. The van der Waals surface area contributed by atoms with E-state index in [-0.39, 0.29) is 5.41 Å². The van der Waals surface area contributed by atoms with E-state index in [9.17, 15) is 0 Å². The fourth-order valence-corrected chi connectivity index (χ4v) is 7.11. The maximum atomic E-state index is 2.56. The molecule has 0 radical (unpaired) electrons. The van der Waals surface area contributed by atoms with Crippen LogP contribution < -0.4 is 0 Å². The minimum absolute atomic E-state index is 0.142. The molecule has 0 saturated carbocycles. The second-order valence-electron chi connectivity index (χ2n) is 12.4. The van der Waals surface area contributed by atoms with Crippen molar-refractivity contribution < 1.29 is 0 Å². The van der Waals surface area contributed by atoms with E-state index in [0.29, 0.717) is 0 Å². The largest absolute Gasteiger partial charge is 0.0654 e. The summed E-state index contributed by atoms with van der Waals surface area (Å²) in [6, 6.07) is 35.1. The first-order valence-electron chi connectivity index (χ1n) is 16.6. The first-order valence-corrected chi connectivity index (χ1v) is 16.6. The fourth-order valence-electron chi connectivity index (χ4n) is 7.11. The fraction of sp³-hybridized carbons (Fsp3) is 0.415. The van der Waals surface area contributed by atoms with Gasteiger partial charge in [-0.3, -0.25) is 0 Å². The van der Waals surface area contributed by atoms with E-state index in [1.54, 1.807) is 11.1 Å². The summed E-state index contributed by atoms with van der Waals surface area (Å²) in [7, 11) is 0. The van der Waals surface area contributed by atoms with Gasteiger partial charge in [0.05, 0.1) is 0 Å². The van der Waals surface area contributed by atoms with Crippen LogP contribution in [0.5, 0.6) is 0 Å². The lowest BCUT2D eigenvalue weighted by Crippen LogP contribution is -2.25. The quantitative estimate of drug-likeness (QED) is 0.131. The Balaban J connectivity index is 1.46. The Morgan fingerprint density at radius 2 is 0.951 bits per heavy atom. The molecule has 0 atom stereocenters. The number of unbranched alkanes of at least 4 members (excludes halogenated alkanes) is 7. The van der Waals surface area contributed by atoms with Gasteiger partial charge in [-0.2, -0.15) is 0 Å². The lowest BCUT2D eigenvalue weighted by Gasteiger charge is -2.33. The standard InChI is InChI=1S/C41H50/c1-4-7-10-14-29-41(30-15-11-8-5-2)39-18-13-12-17-37(39)38-28-27-36(31-40(38)41)35-25-23-34(24-26-35)33-21-19-32(20-22-33)16-9-6-3/h12-13,17-28,31H,4-11,14-16,29-30H2,1-3H3. The molecule has 1 aliphatic rings. The van der Waals surface area contributed by atoms with Gasteiger partial charge in [-0.25, -0.2) is 0 Å². The number of rotatable bonds is 15.